The van der Waals surface area contributed by atoms with Gasteiger partial charge in [0.1, 0.15) is 12.4 Å². The second-order valence-electron chi connectivity index (χ2n) is 7.33. The van der Waals surface area contributed by atoms with Crippen LogP contribution in [0.4, 0.5) is 0 Å². The lowest BCUT2D eigenvalue weighted by Crippen LogP contribution is -2.25. The first-order chi connectivity index (χ1) is 12.6. The molecule has 2 aromatic carbocycles. The van der Waals surface area contributed by atoms with Crippen molar-refractivity contribution in [2.75, 3.05) is 19.7 Å². The average molecular weight is 351 g/mol. The van der Waals surface area contributed by atoms with Crippen molar-refractivity contribution in [1.29, 1.82) is 0 Å². The van der Waals surface area contributed by atoms with Crippen LogP contribution < -0.4 is 4.74 Å². The molecule has 1 aliphatic heterocycles. The molecule has 0 saturated heterocycles. The molecule has 3 heteroatoms. The molecular weight excluding hydrogens is 322 g/mol. The minimum absolute atomic E-state index is 0.500. The van der Waals surface area contributed by atoms with Crippen LogP contribution in [0.3, 0.4) is 0 Å². The highest BCUT2D eigenvalue weighted by atomic mass is 16.5. The maximum absolute atomic E-state index is 10.6. The molecule has 0 amide bonds. The van der Waals surface area contributed by atoms with Crippen LogP contribution in [-0.4, -0.2) is 29.7 Å². The number of rotatable bonds is 6. The molecule has 0 spiro atoms. The molecule has 0 bridgehead atoms. The summed E-state index contributed by atoms with van der Waals surface area (Å²) in [4.78, 5) is 2.39. The fourth-order valence-electron chi connectivity index (χ4n) is 3.27. The van der Waals surface area contributed by atoms with E-state index in [0.29, 0.717) is 18.9 Å². The Balaban J connectivity index is 1.71. The largest absolute Gasteiger partial charge is 0.492 e. The minimum Gasteiger partial charge on any atom is -0.492 e. The monoisotopic (exact) mass is 351 g/mol. The SMILES string of the molecule is CC(C)/C=C/CN1CCOc2ccc(C(O)Cc3ccccc3)cc2C1. The van der Waals surface area contributed by atoms with Gasteiger partial charge in [-0.25, -0.2) is 0 Å². The van der Waals surface area contributed by atoms with Crippen molar-refractivity contribution in [3.63, 3.8) is 0 Å². The molecule has 3 rings (SSSR count). The second kappa shape index (κ2) is 9.02. The summed E-state index contributed by atoms with van der Waals surface area (Å²) in [7, 11) is 0. The fourth-order valence-corrected chi connectivity index (χ4v) is 3.27. The number of fused-ring (bicyclic) bond motifs is 1. The van der Waals surface area contributed by atoms with Crippen molar-refractivity contribution in [2.24, 2.45) is 5.92 Å². The van der Waals surface area contributed by atoms with Crippen LogP contribution in [0.25, 0.3) is 0 Å². The molecule has 1 unspecified atom stereocenters. The first-order valence-electron chi connectivity index (χ1n) is 9.48. The zero-order valence-corrected chi connectivity index (χ0v) is 15.8. The second-order valence-corrected chi connectivity index (χ2v) is 7.33. The molecule has 0 saturated carbocycles. The van der Waals surface area contributed by atoms with Crippen LogP contribution in [0.15, 0.2) is 60.7 Å². The highest BCUT2D eigenvalue weighted by Gasteiger charge is 2.17. The number of aliphatic hydroxyl groups is 1. The van der Waals surface area contributed by atoms with Crippen molar-refractivity contribution >= 4 is 0 Å². The Labute approximate surface area is 156 Å². The van der Waals surface area contributed by atoms with Crippen LogP contribution in [0.1, 0.15) is 36.6 Å². The molecule has 3 nitrogen and oxygen atoms in total. The zero-order chi connectivity index (χ0) is 18.4. The third-order valence-corrected chi connectivity index (χ3v) is 4.68. The number of hydrogen-bond donors (Lipinski definition) is 1. The number of aliphatic hydroxyl groups excluding tert-OH is 1. The first-order valence-corrected chi connectivity index (χ1v) is 9.48. The third-order valence-electron chi connectivity index (χ3n) is 4.68. The maximum Gasteiger partial charge on any atom is 0.123 e. The zero-order valence-electron chi connectivity index (χ0n) is 15.8. The molecule has 2 aromatic rings. The summed E-state index contributed by atoms with van der Waals surface area (Å²) in [5, 5.41) is 10.6. The van der Waals surface area contributed by atoms with Gasteiger partial charge in [0.25, 0.3) is 0 Å². The molecule has 0 radical (unpaired) electrons. The summed E-state index contributed by atoms with van der Waals surface area (Å²) >= 11 is 0. The predicted octanol–water partition coefficient (Wildman–Crippen LogP) is 4.37. The molecule has 0 fully saturated rings. The van der Waals surface area contributed by atoms with Gasteiger partial charge in [-0.1, -0.05) is 62.4 Å². The van der Waals surface area contributed by atoms with E-state index in [0.717, 1.165) is 42.1 Å². The number of hydrogen-bond acceptors (Lipinski definition) is 3. The Morgan fingerprint density at radius 3 is 2.73 bits per heavy atom. The average Bonchev–Trinajstić information content (AvgIpc) is 2.83. The highest BCUT2D eigenvalue weighted by molar-refractivity contribution is 5.39. The van der Waals surface area contributed by atoms with Gasteiger partial charge < -0.3 is 9.84 Å². The molecular formula is C23H29NO2. The molecule has 138 valence electrons. The van der Waals surface area contributed by atoms with Crippen molar-refractivity contribution in [2.45, 2.75) is 32.9 Å². The van der Waals surface area contributed by atoms with E-state index in [2.05, 4.69) is 49.1 Å². The van der Waals surface area contributed by atoms with Gasteiger partial charge >= 0.3 is 0 Å². The molecule has 1 N–H and O–H groups in total. The van der Waals surface area contributed by atoms with Gasteiger partial charge in [-0.05, 0) is 29.2 Å². The first kappa shape index (κ1) is 18.7. The lowest BCUT2D eigenvalue weighted by molar-refractivity contribution is 0.178. The molecule has 0 aromatic heterocycles. The van der Waals surface area contributed by atoms with Crippen molar-refractivity contribution < 1.29 is 9.84 Å². The van der Waals surface area contributed by atoms with Gasteiger partial charge in [-0.3, -0.25) is 4.90 Å². The van der Waals surface area contributed by atoms with Crippen molar-refractivity contribution in [1.82, 2.24) is 4.90 Å². The number of allylic oxidation sites excluding steroid dienone is 1. The van der Waals surface area contributed by atoms with Gasteiger partial charge in [0.15, 0.2) is 0 Å². The number of benzene rings is 2. The van der Waals surface area contributed by atoms with E-state index >= 15 is 0 Å². The highest BCUT2D eigenvalue weighted by Crippen LogP contribution is 2.28. The Bertz CT molecular complexity index is 724. The fraction of sp³-hybridized carbons (Fsp3) is 0.391. The normalized spacial score (nSPS) is 16.3. The number of nitrogens with zero attached hydrogens (tertiary/aromatic N) is 1. The topological polar surface area (TPSA) is 32.7 Å². The van der Waals surface area contributed by atoms with Crippen molar-refractivity contribution in [3.05, 3.63) is 77.4 Å². The Hall–Kier alpha value is -2.10. The molecule has 1 heterocycles. The summed E-state index contributed by atoms with van der Waals surface area (Å²) in [6, 6.07) is 16.2. The minimum atomic E-state index is -0.500. The smallest absolute Gasteiger partial charge is 0.123 e. The van der Waals surface area contributed by atoms with Gasteiger partial charge in [0, 0.05) is 31.6 Å². The van der Waals surface area contributed by atoms with E-state index in [1.165, 1.54) is 0 Å². The summed E-state index contributed by atoms with van der Waals surface area (Å²) < 4.78 is 5.91. The lowest BCUT2D eigenvalue weighted by Gasteiger charge is -2.18. The Morgan fingerprint density at radius 1 is 1.15 bits per heavy atom. The summed E-state index contributed by atoms with van der Waals surface area (Å²) in [5.74, 6) is 1.52. The number of ether oxygens (including phenoxy) is 1. The van der Waals surface area contributed by atoms with Crippen LogP contribution in [-0.2, 0) is 13.0 Å². The van der Waals surface area contributed by atoms with Gasteiger partial charge in [0.05, 0.1) is 6.10 Å². The van der Waals surface area contributed by atoms with Gasteiger partial charge in [0.2, 0.25) is 0 Å². The van der Waals surface area contributed by atoms with E-state index in [1.807, 2.05) is 30.3 Å². The van der Waals surface area contributed by atoms with E-state index in [4.69, 9.17) is 4.74 Å². The summed E-state index contributed by atoms with van der Waals surface area (Å²) in [5.41, 5.74) is 3.26. The van der Waals surface area contributed by atoms with Crippen LogP contribution in [0.5, 0.6) is 5.75 Å². The Morgan fingerprint density at radius 2 is 1.96 bits per heavy atom. The molecule has 26 heavy (non-hydrogen) atoms. The molecule has 1 atom stereocenters. The molecule has 0 aliphatic carbocycles. The van der Waals surface area contributed by atoms with Crippen molar-refractivity contribution in [3.8, 4) is 5.75 Å². The van der Waals surface area contributed by atoms with Crippen LogP contribution in [0, 0.1) is 5.92 Å². The Kier molecular flexibility index (Phi) is 6.48. The standard InChI is InChI=1S/C23H29NO2/c1-18(2)7-6-12-24-13-14-26-23-11-10-20(16-21(23)17-24)22(25)15-19-8-4-3-5-9-19/h3-11,16,18,22,25H,12-15,17H2,1-2H3/b7-6+. The van der Waals surface area contributed by atoms with Crippen LogP contribution >= 0.6 is 0 Å². The predicted molar refractivity (Wildman–Crippen MR) is 106 cm³/mol. The lowest BCUT2D eigenvalue weighted by atomic mass is 9.99. The quantitative estimate of drug-likeness (QED) is 0.785. The molecule has 1 aliphatic rings. The van der Waals surface area contributed by atoms with E-state index in [-0.39, 0.29) is 0 Å². The maximum atomic E-state index is 10.6. The van der Waals surface area contributed by atoms with Gasteiger partial charge in [-0.2, -0.15) is 0 Å². The third kappa shape index (κ3) is 5.20. The van der Waals surface area contributed by atoms with E-state index in [9.17, 15) is 5.11 Å². The van der Waals surface area contributed by atoms with Gasteiger partial charge in [-0.15, -0.1) is 0 Å². The van der Waals surface area contributed by atoms with E-state index < -0.39 is 6.10 Å². The summed E-state index contributed by atoms with van der Waals surface area (Å²) in [6.07, 6.45) is 4.61. The van der Waals surface area contributed by atoms with Crippen LogP contribution in [0.2, 0.25) is 0 Å². The van der Waals surface area contributed by atoms with E-state index in [1.54, 1.807) is 0 Å². The summed E-state index contributed by atoms with van der Waals surface area (Å²) in [6.45, 7) is 7.78.